The van der Waals surface area contributed by atoms with E-state index in [1.54, 1.807) is 6.92 Å². The van der Waals surface area contributed by atoms with Gasteiger partial charge in [-0.3, -0.25) is 10.1 Å². The maximum atomic E-state index is 10.9. The van der Waals surface area contributed by atoms with Gasteiger partial charge in [-0.2, -0.15) is 0 Å². The molecular formula is C11H16N2O6S. The fourth-order valence-electron chi connectivity index (χ4n) is 1.59. The molecule has 0 spiro atoms. The summed E-state index contributed by atoms with van der Waals surface area (Å²) in [7, 11) is -2.24. The van der Waals surface area contributed by atoms with E-state index in [0.29, 0.717) is 0 Å². The average Bonchev–Trinajstić information content (AvgIpc) is 2.33. The highest BCUT2D eigenvalue weighted by molar-refractivity contribution is 7.89. The molecule has 0 aliphatic heterocycles. The number of nitro benzene ring substituents is 1. The molecule has 0 aliphatic rings. The molecule has 0 fully saturated rings. The number of benzene rings is 1. The second kappa shape index (κ2) is 6.53. The molecular weight excluding hydrogens is 288 g/mol. The second-order valence-corrected chi connectivity index (χ2v) is 6.00. The molecule has 0 heterocycles. The molecule has 0 bridgehead atoms. The molecule has 0 saturated carbocycles. The lowest BCUT2D eigenvalue weighted by molar-refractivity contribution is -0.385. The van der Waals surface area contributed by atoms with Gasteiger partial charge in [-0.05, 0) is 12.1 Å². The van der Waals surface area contributed by atoms with Crippen LogP contribution in [0.5, 0.6) is 11.5 Å². The van der Waals surface area contributed by atoms with Crippen LogP contribution in [0.15, 0.2) is 18.2 Å². The molecule has 1 unspecified atom stereocenters. The van der Waals surface area contributed by atoms with Crippen LogP contribution in [0.25, 0.3) is 0 Å². The predicted molar refractivity (Wildman–Crippen MR) is 72.3 cm³/mol. The fraction of sp³-hybridized carbons (Fsp3) is 0.455. The summed E-state index contributed by atoms with van der Waals surface area (Å²) in [5.41, 5.74) is -0.218. The standard InChI is InChI=1S/C11H16N2O6S/c1-8(7-20(12,16)17)6-19-9-3-4-11(18-2)10(5-9)13(14)15/h3-5,8H,6-7H2,1-2H3,(H2,12,16,17). The molecule has 0 saturated heterocycles. The molecule has 8 nitrogen and oxygen atoms in total. The van der Waals surface area contributed by atoms with Crippen molar-refractivity contribution in [3.63, 3.8) is 0 Å². The maximum absolute atomic E-state index is 10.9. The average molecular weight is 304 g/mol. The molecule has 1 rings (SSSR count). The Hall–Kier alpha value is -1.87. The van der Waals surface area contributed by atoms with Crippen molar-refractivity contribution in [2.75, 3.05) is 19.5 Å². The third-order valence-electron chi connectivity index (χ3n) is 2.40. The molecule has 9 heteroatoms. The van der Waals surface area contributed by atoms with E-state index in [4.69, 9.17) is 14.6 Å². The van der Waals surface area contributed by atoms with E-state index in [1.807, 2.05) is 0 Å². The zero-order chi connectivity index (χ0) is 15.3. The van der Waals surface area contributed by atoms with Crippen LogP contribution in [0.3, 0.4) is 0 Å². The lowest BCUT2D eigenvalue weighted by Crippen LogP contribution is -2.25. The van der Waals surface area contributed by atoms with Gasteiger partial charge >= 0.3 is 5.69 Å². The van der Waals surface area contributed by atoms with Crippen molar-refractivity contribution in [2.24, 2.45) is 11.1 Å². The third-order valence-corrected chi connectivity index (χ3v) is 3.43. The number of sulfonamides is 1. The van der Waals surface area contributed by atoms with E-state index >= 15 is 0 Å². The molecule has 2 N–H and O–H groups in total. The number of nitrogens with two attached hydrogens (primary N) is 1. The number of primary sulfonamides is 1. The van der Waals surface area contributed by atoms with Crippen molar-refractivity contribution in [1.29, 1.82) is 0 Å². The lowest BCUT2D eigenvalue weighted by Gasteiger charge is -2.12. The van der Waals surface area contributed by atoms with Crippen molar-refractivity contribution in [3.8, 4) is 11.5 Å². The first-order chi connectivity index (χ1) is 9.23. The summed E-state index contributed by atoms with van der Waals surface area (Å²) in [5, 5.41) is 15.8. The molecule has 20 heavy (non-hydrogen) atoms. The Morgan fingerprint density at radius 2 is 2.10 bits per heavy atom. The van der Waals surface area contributed by atoms with Crippen molar-refractivity contribution in [2.45, 2.75) is 6.92 Å². The zero-order valence-electron chi connectivity index (χ0n) is 11.1. The molecule has 0 aliphatic carbocycles. The van der Waals surface area contributed by atoms with Crippen LogP contribution in [-0.4, -0.2) is 32.8 Å². The summed E-state index contributed by atoms with van der Waals surface area (Å²) in [6.07, 6.45) is 0. The summed E-state index contributed by atoms with van der Waals surface area (Å²) in [6.45, 7) is 1.74. The zero-order valence-corrected chi connectivity index (χ0v) is 11.9. The van der Waals surface area contributed by atoms with Crippen molar-refractivity contribution in [3.05, 3.63) is 28.3 Å². The van der Waals surface area contributed by atoms with Gasteiger partial charge in [0.25, 0.3) is 0 Å². The summed E-state index contributed by atoms with van der Waals surface area (Å²) in [5.74, 6) is -0.157. The second-order valence-electron chi connectivity index (χ2n) is 4.34. The largest absolute Gasteiger partial charge is 0.493 e. The molecule has 1 aromatic carbocycles. The Labute approximate surface area is 116 Å². The van der Waals surface area contributed by atoms with Crippen molar-refractivity contribution >= 4 is 15.7 Å². The van der Waals surface area contributed by atoms with Gasteiger partial charge < -0.3 is 9.47 Å². The Balaban J connectivity index is 2.74. The molecule has 1 aromatic rings. The maximum Gasteiger partial charge on any atom is 0.314 e. The number of hydrogen-bond acceptors (Lipinski definition) is 6. The van der Waals surface area contributed by atoms with Crippen molar-refractivity contribution in [1.82, 2.24) is 0 Å². The van der Waals surface area contributed by atoms with E-state index in [2.05, 4.69) is 0 Å². The van der Waals surface area contributed by atoms with E-state index in [1.165, 1.54) is 25.3 Å². The minimum atomic E-state index is -3.57. The molecule has 1 atom stereocenters. The van der Waals surface area contributed by atoms with E-state index in [9.17, 15) is 18.5 Å². The van der Waals surface area contributed by atoms with Crippen LogP contribution in [0.4, 0.5) is 5.69 Å². The van der Waals surface area contributed by atoms with E-state index in [-0.39, 0.29) is 35.5 Å². The normalized spacial score (nSPS) is 12.8. The number of hydrogen-bond donors (Lipinski definition) is 1. The van der Waals surface area contributed by atoms with Crippen LogP contribution in [0.2, 0.25) is 0 Å². The third kappa shape index (κ3) is 5.02. The number of rotatable bonds is 7. The van der Waals surface area contributed by atoms with Gasteiger partial charge in [-0.1, -0.05) is 6.92 Å². The predicted octanol–water partition coefficient (Wildman–Crippen LogP) is 0.907. The minimum absolute atomic E-state index is 0.0832. The highest BCUT2D eigenvalue weighted by Gasteiger charge is 2.17. The quantitative estimate of drug-likeness (QED) is 0.590. The van der Waals surface area contributed by atoms with Crippen LogP contribution in [0.1, 0.15) is 6.92 Å². The van der Waals surface area contributed by atoms with Crippen LogP contribution in [0, 0.1) is 16.0 Å². The van der Waals surface area contributed by atoms with Crippen LogP contribution < -0.4 is 14.6 Å². The van der Waals surface area contributed by atoms with Crippen LogP contribution in [-0.2, 0) is 10.0 Å². The summed E-state index contributed by atoms with van der Waals surface area (Å²) >= 11 is 0. The smallest absolute Gasteiger partial charge is 0.314 e. The first-order valence-electron chi connectivity index (χ1n) is 5.68. The van der Waals surface area contributed by atoms with Crippen LogP contribution >= 0.6 is 0 Å². The Bertz CT molecular complexity index is 587. The highest BCUT2D eigenvalue weighted by atomic mass is 32.2. The molecule has 0 amide bonds. The highest BCUT2D eigenvalue weighted by Crippen LogP contribution is 2.30. The Morgan fingerprint density at radius 3 is 2.60 bits per heavy atom. The topological polar surface area (TPSA) is 122 Å². The van der Waals surface area contributed by atoms with Gasteiger partial charge in [0.1, 0.15) is 5.75 Å². The SMILES string of the molecule is COc1ccc(OCC(C)CS(N)(=O)=O)cc1[N+](=O)[O-]. The first kappa shape index (κ1) is 16.2. The number of methoxy groups -OCH3 is 1. The van der Waals surface area contributed by atoms with Gasteiger partial charge in [0, 0.05) is 5.92 Å². The van der Waals surface area contributed by atoms with Crippen molar-refractivity contribution < 1.29 is 22.8 Å². The Morgan fingerprint density at radius 1 is 1.45 bits per heavy atom. The van der Waals surface area contributed by atoms with Gasteiger partial charge in [0.2, 0.25) is 10.0 Å². The summed E-state index contributed by atoms with van der Waals surface area (Å²) in [6, 6.07) is 4.15. The summed E-state index contributed by atoms with van der Waals surface area (Å²) in [4.78, 5) is 10.2. The molecule has 112 valence electrons. The fourth-order valence-corrected chi connectivity index (χ4v) is 2.47. The monoisotopic (exact) mass is 304 g/mol. The number of nitrogens with zero attached hydrogens (tertiary/aromatic N) is 1. The number of ether oxygens (including phenoxy) is 2. The first-order valence-corrected chi connectivity index (χ1v) is 7.40. The van der Waals surface area contributed by atoms with E-state index < -0.39 is 14.9 Å². The Kier molecular flexibility index (Phi) is 5.28. The number of nitro groups is 1. The summed E-state index contributed by atoms with van der Waals surface area (Å²) < 4.78 is 32.0. The molecule has 0 radical (unpaired) electrons. The van der Waals surface area contributed by atoms with Gasteiger partial charge in [0.15, 0.2) is 5.75 Å². The minimum Gasteiger partial charge on any atom is -0.493 e. The van der Waals surface area contributed by atoms with E-state index in [0.717, 1.165) is 0 Å². The van der Waals surface area contributed by atoms with Gasteiger partial charge in [0.05, 0.1) is 30.5 Å². The lowest BCUT2D eigenvalue weighted by atomic mass is 10.2. The van der Waals surface area contributed by atoms with Gasteiger partial charge in [-0.15, -0.1) is 0 Å². The van der Waals surface area contributed by atoms with Gasteiger partial charge in [-0.25, -0.2) is 13.6 Å². The molecule has 0 aromatic heterocycles.